The topological polar surface area (TPSA) is 89.7 Å². The van der Waals surface area contributed by atoms with Gasteiger partial charge in [0.15, 0.2) is 11.5 Å². The van der Waals surface area contributed by atoms with Crippen LogP contribution in [-0.4, -0.2) is 33.1 Å². The van der Waals surface area contributed by atoms with E-state index in [0.717, 1.165) is 30.8 Å². The standard InChI is InChI=1S/C10H13N5O/c11-8-7-10(13-5-12-8)15-9(14-7)6-2-1-3-16-4-6/h5-6H,1-4H2,(H3,11,12,13,14,15). The van der Waals surface area contributed by atoms with Gasteiger partial charge in [-0.1, -0.05) is 0 Å². The molecule has 0 bridgehead atoms. The van der Waals surface area contributed by atoms with Crippen molar-refractivity contribution >= 4 is 17.0 Å². The Hall–Kier alpha value is -1.69. The Bertz CT molecular complexity index is 503. The van der Waals surface area contributed by atoms with E-state index in [2.05, 4.69) is 19.9 Å². The lowest BCUT2D eigenvalue weighted by Gasteiger charge is -2.19. The van der Waals surface area contributed by atoms with Crippen molar-refractivity contribution in [1.82, 2.24) is 19.9 Å². The highest BCUT2D eigenvalue weighted by atomic mass is 16.5. The maximum atomic E-state index is 5.75. The lowest BCUT2D eigenvalue weighted by Crippen LogP contribution is -2.16. The zero-order valence-corrected chi connectivity index (χ0v) is 8.81. The molecule has 0 spiro atoms. The molecule has 16 heavy (non-hydrogen) atoms. The van der Waals surface area contributed by atoms with Crippen LogP contribution in [0.25, 0.3) is 11.2 Å². The molecular formula is C10H13N5O. The average Bonchev–Trinajstić information content (AvgIpc) is 2.76. The number of nitrogens with zero attached hydrogens (tertiary/aromatic N) is 3. The zero-order chi connectivity index (χ0) is 11.0. The van der Waals surface area contributed by atoms with E-state index in [1.54, 1.807) is 0 Å². The number of H-pyrrole nitrogens is 1. The van der Waals surface area contributed by atoms with Gasteiger partial charge in [-0.25, -0.2) is 15.0 Å². The predicted octanol–water partition coefficient (Wildman–Crippen LogP) is 0.829. The summed E-state index contributed by atoms with van der Waals surface area (Å²) in [4.78, 5) is 15.6. The molecule has 1 aliphatic heterocycles. The SMILES string of the molecule is Nc1ncnc2nc(C3CCCOC3)[nH]c12. The first-order chi connectivity index (χ1) is 7.84. The van der Waals surface area contributed by atoms with Gasteiger partial charge in [0.2, 0.25) is 0 Å². The molecule has 1 fully saturated rings. The van der Waals surface area contributed by atoms with Crippen molar-refractivity contribution in [2.45, 2.75) is 18.8 Å². The molecule has 3 rings (SSSR count). The van der Waals surface area contributed by atoms with Gasteiger partial charge in [-0.2, -0.15) is 0 Å². The highest BCUT2D eigenvalue weighted by molar-refractivity contribution is 5.81. The molecule has 0 aliphatic carbocycles. The number of nitrogens with one attached hydrogen (secondary N) is 1. The molecule has 84 valence electrons. The minimum absolute atomic E-state index is 0.322. The van der Waals surface area contributed by atoms with E-state index in [9.17, 15) is 0 Å². The maximum absolute atomic E-state index is 5.75. The Kier molecular flexibility index (Phi) is 2.21. The summed E-state index contributed by atoms with van der Waals surface area (Å²) in [6.45, 7) is 1.56. The van der Waals surface area contributed by atoms with Crippen molar-refractivity contribution in [3.63, 3.8) is 0 Å². The first-order valence-corrected chi connectivity index (χ1v) is 5.38. The monoisotopic (exact) mass is 219 g/mol. The van der Waals surface area contributed by atoms with Crippen LogP contribution >= 0.6 is 0 Å². The number of aromatic amines is 1. The summed E-state index contributed by atoms with van der Waals surface area (Å²) in [5.74, 6) is 1.67. The van der Waals surface area contributed by atoms with E-state index in [-0.39, 0.29) is 0 Å². The molecule has 2 aromatic heterocycles. The van der Waals surface area contributed by atoms with Crippen LogP contribution in [0.3, 0.4) is 0 Å². The van der Waals surface area contributed by atoms with Gasteiger partial charge >= 0.3 is 0 Å². The third-order valence-corrected chi connectivity index (χ3v) is 2.88. The smallest absolute Gasteiger partial charge is 0.183 e. The highest BCUT2D eigenvalue weighted by Crippen LogP contribution is 2.25. The third-order valence-electron chi connectivity index (χ3n) is 2.88. The van der Waals surface area contributed by atoms with E-state index in [1.165, 1.54) is 6.33 Å². The summed E-state index contributed by atoms with van der Waals surface area (Å²) in [5.41, 5.74) is 7.10. The van der Waals surface area contributed by atoms with E-state index in [1.807, 2.05) is 0 Å². The summed E-state index contributed by atoms with van der Waals surface area (Å²) in [7, 11) is 0. The quantitative estimate of drug-likeness (QED) is 0.741. The van der Waals surface area contributed by atoms with Crippen LogP contribution in [0.2, 0.25) is 0 Å². The van der Waals surface area contributed by atoms with Gasteiger partial charge < -0.3 is 15.5 Å². The van der Waals surface area contributed by atoms with E-state index in [0.29, 0.717) is 24.0 Å². The predicted molar refractivity (Wildman–Crippen MR) is 58.9 cm³/mol. The fraction of sp³-hybridized carbons (Fsp3) is 0.500. The normalized spacial score (nSPS) is 21.4. The van der Waals surface area contributed by atoms with Crippen molar-refractivity contribution in [2.75, 3.05) is 18.9 Å². The lowest BCUT2D eigenvalue weighted by molar-refractivity contribution is 0.0784. The summed E-state index contributed by atoms with van der Waals surface area (Å²) < 4.78 is 5.44. The molecule has 0 saturated carbocycles. The number of fused-ring (bicyclic) bond motifs is 1. The molecule has 0 aromatic carbocycles. The molecule has 0 amide bonds. The number of aromatic nitrogens is 4. The number of ether oxygens (including phenoxy) is 1. The van der Waals surface area contributed by atoms with Crippen LogP contribution < -0.4 is 5.73 Å². The van der Waals surface area contributed by atoms with Crippen molar-refractivity contribution in [3.05, 3.63) is 12.2 Å². The Balaban J connectivity index is 2.01. The summed E-state index contributed by atoms with van der Waals surface area (Å²) in [6, 6.07) is 0. The molecular weight excluding hydrogens is 206 g/mol. The van der Waals surface area contributed by atoms with Crippen LogP contribution in [0.15, 0.2) is 6.33 Å². The molecule has 2 aromatic rings. The number of anilines is 1. The summed E-state index contributed by atoms with van der Waals surface area (Å²) in [6.07, 6.45) is 3.59. The number of imidazole rings is 1. The second-order valence-corrected chi connectivity index (χ2v) is 3.99. The van der Waals surface area contributed by atoms with E-state index in [4.69, 9.17) is 10.5 Å². The van der Waals surface area contributed by atoms with Gasteiger partial charge in [0.1, 0.15) is 17.7 Å². The van der Waals surface area contributed by atoms with Gasteiger partial charge in [0.25, 0.3) is 0 Å². The average molecular weight is 219 g/mol. The second-order valence-electron chi connectivity index (χ2n) is 3.99. The highest BCUT2D eigenvalue weighted by Gasteiger charge is 2.20. The minimum Gasteiger partial charge on any atom is -0.382 e. The van der Waals surface area contributed by atoms with Crippen LogP contribution in [-0.2, 0) is 4.74 Å². The number of rotatable bonds is 1. The molecule has 6 nitrogen and oxygen atoms in total. The maximum Gasteiger partial charge on any atom is 0.183 e. The molecule has 3 N–H and O–H groups in total. The van der Waals surface area contributed by atoms with E-state index < -0.39 is 0 Å². The molecule has 3 heterocycles. The van der Waals surface area contributed by atoms with Crippen LogP contribution in [0.1, 0.15) is 24.6 Å². The zero-order valence-electron chi connectivity index (χ0n) is 8.81. The van der Waals surface area contributed by atoms with E-state index >= 15 is 0 Å². The van der Waals surface area contributed by atoms with Crippen molar-refractivity contribution in [2.24, 2.45) is 0 Å². The van der Waals surface area contributed by atoms with Crippen LogP contribution in [0.5, 0.6) is 0 Å². The summed E-state index contributed by atoms with van der Waals surface area (Å²) in [5, 5.41) is 0. The molecule has 6 heteroatoms. The number of hydrogen-bond donors (Lipinski definition) is 2. The Morgan fingerprint density at radius 1 is 1.44 bits per heavy atom. The van der Waals surface area contributed by atoms with Crippen molar-refractivity contribution in [3.8, 4) is 0 Å². The van der Waals surface area contributed by atoms with Crippen LogP contribution in [0.4, 0.5) is 5.82 Å². The minimum atomic E-state index is 0.322. The fourth-order valence-corrected chi connectivity index (χ4v) is 2.01. The van der Waals surface area contributed by atoms with Crippen molar-refractivity contribution < 1.29 is 4.74 Å². The lowest BCUT2D eigenvalue weighted by atomic mass is 10.0. The molecule has 1 aliphatic rings. The van der Waals surface area contributed by atoms with Gasteiger partial charge in [-0.3, -0.25) is 0 Å². The fourth-order valence-electron chi connectivity index (χ4n) is 2.01. The summed E-state index contributed by atoms with van der Waals surface area (Å²) >= 11 is 0. The number of nitrogen functional groups attached to an aromatic ring is 1. The molecule has 1 saturated heterocycles. The van der Waals surface area contributed by atoms with Gasteiger partial charge in [-0.15, -0.1) is 0 Å². The molecule has 0 radical (unpaired) electrons. The van der Waals surface area contributed by atoms with Gasteiger partial charge in [0, 0.05) is 12.5 Å². The first kappa shape index (κ1) is 9.53. The van der Waals surface area contributed by atoms with Crippen LogP contribution in [0, 0.1) is 0 Å². The number of nitrogens with two attached hydrogens (primary N) is 1. The number of hydrogen-bond acceptors (Lipinski definition) is 5. The largest absolute Gasteiger partial charge is 0.382 e. The van der Waals surface area contributed by atoms with Crippen molar-refractivity contribution in [1.29, 1.82) is 0 Å². The van der Waals surface area contributed by atoms with Gasteiger partial charge in [-0.05, 0) is 12.8 Å². The Labute approximate surface area is 92.3 Å². The van der Waals surface area contributed by atoms with Gasteiger partial charge in [0.05, 0.1) is 6.61 Å². The Morgan fingerprint density at radius 2 is 2.38 bits per heavy atom. The first-order valence-electron chi connectivity index (χ1n) is 5.38. The second kappa shape index (κ2) is 3.71. The molecule has 1 atom stereocenters. The Morgan fingerprint density at radius 3 is 3.12 bits per heavy atom. The molecule has 1 unspecified atom stereocenters. The third kappa shape index (κ3) is 1.51.